The van der Waals surface area contributed by atoms with Crippen LogP contribution in [0.5, 0.6) is 0 Å². The van der Waals surface area contributed by atoms with E-state index >= 15 is 0 Å². The lowest BCUT2D eigenvalue weighted by Gasteiger charge is -2.33. The molecule has 2 N–H and O–H groups in total. The Labute approximate surface area is 112 Å². The molecule has 0 bridgehead atoms. The second kappa shape index (κ2) is 8.89. The van der Waals surface area contributed by atoms with E-state index < -0.39 is 0 Å². The van der Waals surface area contributed by atoms with Gasteiger partial charge in [-0.3, -0.25) is 0 Å². The highest BCUT2D eigenvalue weighted by atomic mass is 16.5. The predicted octanol–water partition coefficient (Wildman–Crippen LogP) is 2.58. The van der Waals surface area contributed by atoms with Crippen molar-refractivity contribution >= 4 is 0 Å². The fourth-order valence-corrected chi connectivity index (χ4v) is 2.65. The summed E-state index contributed by atoms with van der Waals surface area (Å²) in [6, 6.07) is 0.310. The van der Waals surface area contributed by atoms with Gasteiger partial charge in [-0.15, -0.1) is 0 Å². The maximum absolute atomic E-state index is 9.05. The zero-order valence-electron chi connectivity index (χ0n) is 12.3. The van der Waals surface area contributed by atoms with E-state index in [9.17, 15) is 0 Å². The number of rotatable bonds is 8. The van der Waals surface area contributed by atoms with E-state index in [2.05, 4.69) is 26.1 Å². The molecule has 0 aromatic rings. The Morgan fingerprint density at radius 1 is 1.28 bits per heavy atom. The highest BCUT2D eigenvalue weighted by Crippen LogP contribution is 2.30. The Morgan fingerprint density at radius 2 is 2.06 bits per heavy atom. The normalized spacial score (nSPS) is 30.3. The second-order valence-electron chi connectivity index (χ2n) is 5.89. The molecule has 108 valence electrons. The van der Waals surface area contributed by atoms with Crippen LogP contribution in [0.3, 0.4) is 0 Å². The molecule has 1 aliphatic rings. The van der Waals surface area contributed by atoms with Crippen LogP contribution in [0.25, 0.3) is 0 Å². The van der Waals surface area contributed by atoms with Crippen molar-refractivity contribution in [1.82, 2.24) is 5.32 Å². The minimum Gasteiger partial charge on any atom is -0.396 e. The summed E-state index contributed by atoms with van der Waals surface area (Å²) in [5.41, 5.74) is 0. The predicted molar refractivity (Wildman–Crippen MR) is 75.7 cm³/mol. The smallest absolute Gasteiger partial charge is 0.0624 e. The number of hydrogen-bond acceptors (Lipinski definition) is 3. The summed E-state index contributed by atoms with van der Waals surface area (Å²) in [5.74, 6) is 1.62. The number of hydrogen-bond donors (Lipinski definition) is 2. The molecule has 3 heteroatoms. The molecule has 18 heavy (non-hydrogen) atoms. The lowest BCUT2D eigenvalue weighted by Crippen LogP contribution is -2.37. The fourth-order valence-electron chi connectivity index (χ4n) is 2.65. The van der Waals surface area contributed by atoms with Gasteiger partial charge < -0.3 is 15.2 Å². The van der Waals surface area contributed by atoms with Gasteiger partial charge >= 0.3 is 0 Å². The van der Waals surface area contributed by atoms with Gasteiger partial charge in [0.15, 0.2) is 0 Å². The van der Waals surface area contributed by atoms with Gasteiger partial charge in [0.25, 0.3) is 0 Å². The summed E-state index contributed by atoms with van der Waals surface area (Å²) >= 11 is 0. The standard InChI is InChI=1S/C15H31NO2/c1-4-8-16-14(7-9-17)11-18-15-6-5-12(2)13(3)10-15/h12-17H,4-11H2,1-3H3. The van der Waals surface area contributed by atoms with Crippen LogP contribution >= 0.6 is 0 Å². The number of aliphatic hydroxyl groups is 1. The van der Waals surface area contributed by atoms with Crippen molar-refractivity contribution in [2.45, 2.75) is 65.0 Å². The van der Waals surface area contributed by atoms with Crippen molar-refractivity contribution in [2.75, 3.05) is 19.8 Å². The zero-order chi connectivity index (χ0) is 13.4. The van der Waals surface area contributed by atoms with E-state index in [1.54, 1.807) is 0 Å². The van der Waals surface area contributed by atoms with E-state index in [0.29, 0.717) is 12.1 Å². The van der Waals surface area contributed by atoms with Gasteiger partial charge in [0, 0.05) is 12.6 Å². The van der Waals surface area contributed by atoms with Gasteiger partial charge in [-0.05, 0) is 50.5 Å². The molecule has 0 aromatic carbocycles. The van der Waals surface area contributed by atoms with Crippen LogP contribution in [0.4, 0.5) is 0 Å². The minimum absolute atomic E-state index is 0.239. The molecule has 4 atom stereocenters. The average molecular weight is 257 g/mol. The molecule has 0 saturated heterocycles. The lowest BCUT2D eigenvalue weighted by atomic mass is 9.80. The molecule has 0 aromatic heterocycles. The number of ether oxygens (including phenoxy) is 1. The summed E-state index contributed by atoms with van der Waals surface area (Å²) in [6.07, 6.45) is 6.03. The zero-order valence-corrected chi connectivity index (χ0v) is 12.3. The van der Waals surface area contributed by atoms with Crippen molar-refractivity contribution in [2.24, 2.45) is 11.8 Å². The third-order valence-electron chi connectivity index (χ3n) is 4.24. The lowest BCUT2D eigenvalue weighted by molar-refractivity contribution is -0.00970. The molecule has 0 heterocycles. The van der Waals surface area contributed by atoms with E-state index in [-0.39, 0.29) is 6.61 Å². The highest BCUT2D eigenvalue weighted by Gasteiger charge is 2.25. The quantitative estimate of drug-likeness (QED) is 0.702. The molecule has 1 aliphatic carbocycles. The Balaban J connectivity index is 2.24. The number of aliphatic hydroxyl groups excluding tert-OH is 1. The van der Waals surface area contributed by atoms with Crippen LogP contribution in [0.1, 0.15) is 52.9 Å². The summed E-state index contributed by atoms with van der Waals surface area (Å²) < 4.78 is 6.04. The van der Waals surface area contributed by atoms with E-state index in [4.69, 9.17) is 9.84 Å². The molecule has 0 aliphatic heterocycles. The van der Waals surface area contributed by atoms with Crippen LogP contribution in [0.15, 0.2) is 0 Å². The molecule has 1 rings (SSSR count). The molecule has 1 saturated carbocycles. The van der Waals surface area contributed by atoms with Crippen LogP contribution < -0.4 is 5.32 Å². The van der Waals surface area contributed by atoms with Gasteiger partial charge in [-0.25, -0.2) is 0 Å². The average Bonchev–Trinajstić information content (AvgIpc) is 2.37. The molecular formula is C15H31NO2. The minimum atomic E-state index is 0.239. The largest absolute Gasteiger partial charge is 0.396 e. The van der Waals surface area contributed by atoms with Gasteiger partial charge in [-0.1, -0.05) is 20.8 Å². The van der Waals surface area contributed by atoms with E-state index in [1.165, 1.54) is 19.3 Å². The Morgan fingerprint density at radius 3 is 2.67 bits per heavy atom. The monoisotopic (exact) mass is 257 g/mol. The molecule has 1 fully saturated rings. The van der Waals surface area contributed by atoms with Crippen LogP contribution in [-0.4, -0.2) is 37.0 Å². The van der Waals surface area contributed by atoms with Crippen LogP contribution in [0, 0.1) is 11.8 Å². The van der Waals surface area contributed by atoms with Crippen molar-refractivity contribution in [1.29, 1.82) is 0 Å². The van der Waals surface area contributed by atoms with Gasteiger partial charge in [0.2, 0.25) is 0 Å². The van der Waals surface area contributed by atoms with Gasteiger partial charge in [0.05, 0.1) is 12.7 Å². The van der Waals surface area contributed by atoms with Crippen molar-refractivity contribution in [3.05, 3.63) is 0 Å². The first-order valence-electron chi connectivity index (χ1n) is 7.63. The van der Waals surface area contributed by atoms with Crippen molar-refractivity contribution in [3.63, 3.8) is 0 Å². The molecule has 3 nitrogen and oxygen atoms in total. The maximum Gasteiger partial charge on any atom is 0.0624 e. The fraction of sp³-hybridized carbons (Fsp3) is 1.00. The first kappa shape index (κ1) is 15.9. The third-order valence-corrected chi connectivity index (χ3v) is 4.24. The molecule has 0 spiro atoms. The third kappa shape index (κ3) is 5.68. The second-order valence-corrected chi connectivity index (χ2v) is 5.89. The summed E-state index contributed by atoms with van der Waals surface area (Å²) in [5, 5.41) is 12.5. The SMILES string of the molecule is CCCNC(CCO)COC1CCC(C)C(C)C1. The molecular weight excluding hydrogens is 226 g/mol. The highest BCUT2D eigenvalue weighted by molar-refractivity contribution is 4.76. The Hall–Kier alpha value is -0.120. The first-order chi connectivity index (χ1) is 8.67. The summed E-state index contributed by atoms with van der Waals surface area (Å²) in [6.45, 7) is 8.83. The summed E-state index contributed by atoms with van der Waals surface area (Å²) in [4.78, 5) is 0. The molecule has 0 amide bonds. The molecule has 0 radical (unpaired) electrons. The number of nitrogens with one attached hydrogen (secondary N) is 1. The van der Waals surface area contributed by atoms with Gasteiger partial charge in [0.1, 0.15) is 0 Å². The van der Waals surface area contributed by atoms with E-state index in [1.807, 2.05) is 0 Å². The molecule has 4 unspecified atom stereocenters. The van der Waals surface area contributed by atoms with Crippen molar-refractivity contribution in [3.8, 4) is 0 Å². The summed E-state index contributed by atoms with van der Waals surface area (Å²) in [7, 11) is 0. The Bertz CT molecular complexity index is 207. The van der Waals surface area contributed by atoms with E-state index in [0.717, 1.165) is 37.8 Å². The maximum atomic E-state index is 9.05. The van der Waals surface area contributed by atoms with Crippen molar-refractivity contribution < 1.29 is 9.84 Å². The first-order valence-corrected chi connectivity index (χ1v) is 7.63. The van der Waals surface area contributed by atoms with Crippen LogP contribution in [-0.2, 0) is 4.74 Å². The van der Waals surface area contributed by atoms with Crippen LogP contribution in [0.2, 0.25) is 0 Å². The Kier molecular flexibility index (Phi) is 7.87. The van der Waals surface area contributed by atoms with Gasteiger partial charge in [-0.2, -0.15) is 0 Å². The topological polar surface area (TPSA) is 41.5 Å².